The van der Waals surface area contributed by atoms with E-state index in [0.29, 0.717) is 19.3 Å². The van der Waals surface area contributed by atoms with Crippen LogP contribution in [0.1, 0.15) is 55.2 Å². The highest BCUT2D eigenvalue weighted by molar-refractivity contribution is 5.80. The molecule has 2 aliphatic rings. The number of fused-ring (bicyclic) bond motifs is 1. The number of carbonyl (C=O) groups excluding carboxylic acids is 1. The molecule has 1 saturated carbocycles. The fraction of sp³-hybridized carbons (Fsp3) is 0.579. The molecule has 0 radical (unpaired) electrons. The van der Waals surface area contributed by atoms with Gasteiger partial charge in [0.15, 0.2) is 0 Å². The van der Waals surface area contributed by atoms with Gasteiger partial charge >= 0.3 is 5.97 Å². The van der Waals surface area contributed by atoms with Crippen molar-refractivity contribution >= 4 is 11.9 Å². The van der Waals surface area contributed by atoms with Gasteiger partial charge < -0.3 is 10.4 Å². The Labute approximate surface area is 137 Å². The summed E-state index contributed by atoms with van der Waals surface area (Å²) in [6.45, 7) is 0.256. The highest BCUT2D eigenvalue weighted by Crippen LogP contribution is 2.36. The van der Waals surface area contributed by atoms with Crippen molar-refractivity contribution in [1.82, 2.24) is 5.32 Å². The van der Waals surface area contributed by atoms with E-state index >= 15 is 0 Å². The molecule has 0 unspecified atom stereocenters. The van der Waals surface area contributed by atoms with Crippen molar-refractivity contribution in [1.29, 1.82) is 0 Å². The predicted octanol–water partition coefficient (Wildman–Crippen LogP) is 2.87. The van der Waals surface area contributed by atoms with Gasteiger partial charge in [-0.3, -0.25) is 9.59 Å². The van der Waals surface area contributed by atoms with Crippen LogP contribution >= 0.6 is 0 Å². The Morgan fingerprint density at radius 1 is 1.04 bits per heavy atom. The van der Waals surface area contributed by atoms with Gasteiger partial charge in [0.05, 0.1) is 11.8 Å². The normalized spacial score (nSPS) is 19.1. The summed E-state index contributed by atoms with van der Waals surface area (Å²) in [5.74, 6) is -0.843. The minimum atomic E-state index is -0.768. The highest BCUT2D eigenvalue weighted by atomic mass is 16.4. The number of carboxylic acid groups (broad SMARTS) is 1. The van der Waals surface area contributed by atoms with Crippen molar-refractivity contribution in [2.24, 2.45) is 5.41 Å². The summed E-state index contributed by atoms with van der Waals surface area (Å²) >= 11 is 0. The standard InChI is InChI=1S/C19H25NO3/c21-17(12-14-7-8-15-5-4-6-16(15)11-14)20-13-19(18(22)23)9-2-1-3-10-19/h7-8,11H,1-6,9-10,12-13H2,(H,20,21)(H,22,23). The summed E-state index contributed by atoms with van der Waals surface area (Å²) in [6, 6.07) is 6.29. The number of carbonyl (C=O) groups is 2. The van der Waals surface area contributed by atoms with Gasteiger partial charge in [0.1, 0.15) is 0 Å². The summed E-state index contributed by atoms with van der Waals surface area (Å²) in [5, 5.41) is 12.4. The Kier molecular flexibility index (Phi) is 4.69. The van der Waals surface area contributed by atoms with Crippen LogP contribution < -0.4 is 5.32 Å². The molecule has 0 heterocycles. The zero-order valence-electron chi connectivity index (χ0n) is 13.6. The second-order valence-electron chi connectivity index (χ2n) is 7.06. The van der Waals surface area contributed by atoms with Crippen LogP contribution in [-0.2, 0) is 28.9 Å². The third kappa shape index (κ3) is 3.57. The molecule has 124 valence electrons. The maximum atomic E-state index is 12.2. The summed E-state index contributed by atoms with van der Waals surface area (Å²) < 4.78 is 0. The lowest BCUT2D eigenvalue weighted by Crippen LogP contribution is -2.44. The van der Waals surface area contributed by atoms with E-state index in [1.54, 1.807) is 0 Å². The molecule has 1 aromatic carbocycles. The average molecular weight is 315 g/mol. The molecule has 1 fully saturated rings. The molecule has 1 amide bonds. The second kappa shape index (κ2) is 6.73. The van der Waals surface area contributed by atoms with Crippen molar-refractivity contribution in [2.45, 2.75) is 57.8 Å². The van der Waals surface area contributed by atoms with Crippen molar-refractivity contribution in [3.63, 3.8) is 0 Å². The largest absolute Gasteiger partial charge is 0.481 e. The van der Waals surface area contributed by atoms with Crippen LogP contribution in [0.3, 0.4) is 0 Å². The SMILES string of the molecule is O=C(Cc1ccc2c(c1)CCC2)NCC1(C(=O)O)CCCCC1. The van der Waals surface area contributed by atoms with Crippen LogP contribution in [0.5, 0.6) is 0 Å². The van der Waals surface area contributed by atoms with Gasteiger partial charge in [-0.15, -0.1) is 0 Å². The molecule has 0 aliphatic heterocycles. The van der Waals surface area contributed by atoms with Gasteiger partial charge in [-0.05, 0) is 48.8 Å². The molecule has 0 saturated heterocycles. The Morgan fingerprint density at radius 3 is 2.52 bits per heavy atom. The molecule has 4 nitrogen and oxygen atoms in total. The minimum Gasteiger partial charge on any atom is -0.481 e. The first-order valence-corrected chi connectivity index (χ1v) is 8.70. The zero-order valence-corrected chi connectivity index (χ0v) is 13.6. The molecule has 0 spiro atoms. The molecule has 4 heteroatoms. The van der Waals surface area contributed by atoms with Crippen LogP contribution in [0.15, 0.2) is 18.2 Å². The lowest BCUT2D eigenvalue weighted by molar-refractivity contribution is -0.151. The van der Waals surface area contributed by atoms with Crippen LogP contribution in [0, 0.1) is 5.41 Å². The van der Waals surface area contributed by atoms with Crippen molar-refractivity contribution in [3.05, 3.63) is 34.9 Å². The second-order valence-corrected chi connectivity index (χ2v) is 7.06. The Hall–Kier alpha value is -1.84. The molecule has 0 atom stereocenters. The first-order valence-electron chi connectivity index (χ1n) is 8.70. The van der Waals surface area contributed by atoms with Gasteiger partial charge in [0, 0.05) is 6.54 Å². The molecule has 2 N–H and O–H groups in total. The van der Waals surface area contributed by atoms with Gasteiger partial charge in [-0.25, -0.2) is 0 Å². The average Bonchev–Trinajstić information content (AvgIpc) is 3.01. The van der Waals surface area contributed by atoms with Crippen molar-refractivity contribution in [2.75, 3.05) is 6.54 Å². The number of carboxylic acids is 1. The van der Waals surface area contributed by atoms with E-state index in [9.17, 15) is 14.7 Å². The van der Waals surface area contributed by atoms with E-state index in [1.165, 1.54) is 17.5 Å². The summed E-state index contributed by atoms with van der Waals surface area (Å²) in [5.41, 5.74) is 3.04. The van der Waals surface area contributed by atoms with E-state index in [0.717, 1.165) is 37.7 Å². The maximum absolute atomic E-state index is 12.2. The summed E-state index contributed by atoms with van der Waals surface area (Å²) in [6.07, 6.45) is 8.09. The van der Waals surface area contributed by atoms with Gasteiger partial charge in [0.25, 0.3) is 0 Å². The Morgan fingerprint density at radius 2 is 1.78 bits per heavy atom. The molecular formula is C19H25NO3. The number of hydrogen-bond acceptors (Lipinski definition) is 2. The third-order valence-electron chi connectivity index (χ3n) is 5.42. The van der Waals surface area contributed by atoms with E-state index in [1.807, 2.05) is 6.07 Å². The molecule has 0 bridgehead atoms. The summed E-state index contributed by atoms with van der Waals surface area (Å²) in [4.78, 5) is 23.8. The number of hydrogen-bond donors (Lipinski definition) is 2. The lowest BCUT2D eigenvalue weighted by atomic mass is 9.74. The maximum Gasteiger partial charge on any atom is 0.311 e. The van der Waals surface area contributed by atoms with Crippen LogP contribution in [0.4, 0.5) is 0 Å². The van der Waals surface area contributed by atoms with Crippen molar-refractivity contribution < 1.29 is 14.7 Å². The van der Waals surface area contributed by atoms with Crippen molar-refractivity contribution in [3.8, 4) is 0 Å². The van der Waals surface area contributed by atoms with Crippen LogP contribution in [0.2, 0.25) is 0 Å². The molecular weight excluding hydrogens is 290 g/mol. The summed E-state index contributed by atoms with van der Waals surface area (Å²) in [7, 11) is 0. The van der Waals surface area contributed by atoms with Crippen LogP contribution in [0.25, 0.3) is 0 Å². The van der Waals surface area contributed by atoms with E-state index in [4.69, 9.17) is 0 Å². The minimum absolute atomic E-state index is 0.0749. The van der Waals surface area contributed by atoms with Gasteiger partial charge in [-0.1, -0.05) is 37.5 Å². The third-order valence-corrected chi connectivity index (χ3v) is 5.42. The number of amides is 1. The smallest absolute Gasteiger partial charge is 0.311 e. The monoisotopic (exact) mass is 315 g/mol. The number of aliphatic carboxylic acids is 1. The predicted molar refractivity (Wildman–Crippen MR) is 88.3 cm³/mol. The van der Waals surface area contributed by atoms with E-state index in [-0.39, 0.29) is 12.5 Å². The number of aryl methyl sites for hydroxylation is 2. The number of nitrogens with one attached hydrogen (secondary N) is 1. The molecule has 0 aromatic heterocycles. The van der Waals surface area contributed by atoms with E-state index in [2.05, 4.69) is 17.4 Å². The van der Waals surface area contributed by atoms with E-state index < -0.39 is 11.4 Å². The lowest BCUT2D eigenvalue weighted by Gasteiger charge is -2.33. The molecule has 23 heavy (non-hydrogen) atoms. The first-order chi connectivity index (χ1) is 11.1. The van der Waals surface area contributed by atoms with Gasteiger partial charge in [0.2, 0.25) is 5.91 Å². The number of benzene rings is 1. The number of rotatable bonds is 5. The molecule has 3 rings (SSSR count). The highest BCUT2D eigenvalue weighted by Gasteiger charge is 2.39. The zero-order chi connectivity index (χ0) is 16.3. The molecule has 1 aromatic rings. The quantitative estimate of drug-likeness (QED) is 0.878. The Balaban J connectivity index is 1.57. The topological polar surface area (TPSA) is 66.4 Å². The van der Waals surface area contributed by atoms with Gasteiger partial charge in [-0.2, -0.15) is 0 Å². The molecule has 2 aliphatic carbocycles. The first kappa shape index (κ1) is 16.0. The fourth-order valence-electron chi connectivity index (χ4n) is 3.95. The van der Waals surface area contributed by atoms with Crippen LogP contribution in [-0.4, -0.2) is 23.5 Å². The fourth-order valence-corrected chi connectivity index (χ4v) is 3.95. The Bertz CT molecular complexity index is 603.